The van der Waals surface area contributed by atoms with Crippen LogP contribution in [0, 0.1) is 5.41 Å². The molecule has 0 aliphatic heterocycles. The highest BCUT2D eigenvalue weighted by molar-refractivity contribution is 5.68. The quantitative estimate of drug-likeness (QED) is 0.458. The number of hydrogen-bond acceptors (Lipinski definition) is 6. The fourth-order valence-corrected chi connectivity index (χ4v) is 2.74. The number of aliphatic hydroxyl groups is 2. The summed E-state index contributed by atoms with van der Waals surface area (Å²) in [6, 6.07) is 10.2. The first-order chi connectivity index (χ1) is 13.6. The Kier molecular flexibility index (Phi) is 10.3. The zero-order chi connectivity index (χ0) is 22.0. The van der Waals surface area contributed by atoms with E-state index in [0.29, 0.717) is 13.0 Å². The largest absolute Gasteiger partial charge is 0.465 e. The number of hydrogen-bond donors (Lipinski definition) is 2. The molecule has 0 bridgehead atoms. The minimum atomic E-state index is -1.02. The number of aliphatic hydroxyl groups excluding tert-OH is 2. The summed E-state index contributed by atoms with van der Waals surface area (Å²) in [4.78, 5) is 11.4. The average Bonchev–Trinajstić information content (AvgIpc) is 2.68. The van der Waals surface area contributed by atoms with Crippen LogP contribution in [-0.2, 0) is 25.4 Å². The van der Waals surface area contributed by atoms with Gasteiger partial charge in [0.2, 0.25) is 0 Å². The number of carbonyl (C=O) groups is 1. The molecule has 1 aromatic rings. The minimum Gasteiger partial charge on any atom is -0.465 e. The van der Waals surface area contributed by atoms with Crippen molar-refractivity contribution < 1.29 is 29.2 Å². The van der Waals surface area contributed by atoms with Gasteiger partial charge in [0.1, 0.15) is 6.61 Å². The van der Waals surface area contributed by atoms with Crippen LogP contribution in [0.2, 0.25) is 0 Å². The molecule has 0 aromatic heterocycles. The van der Waals surface area contributed by atoms with E-state index < -0.39 is 11.0 Å². The fraction of sp³-hybridized carbons (Fsp3) is 0.696. The summed E-state index contributed by atoms with van der Waals surface area (Å²) < 4.78 is 17.2. The minimum absolute atomic E-state index is 0.0800. The topological polar surface area (TPSA) is 85.2 Å². The third kappa shape index (κ3) is 9.72. The van der Waals surface area contributed by atoms with E-state index in [-0.39, 0.29) is 44.4 Å². The molecule has 0 aliphatic carbocycles. The van der Waals surface area contributed by atoms with E-state index in [1.54, 1.807) is 6.92 Å². The highest BCUT2D eigenvalue weighted by atomic mass is 16.5. The van der Waals surface area contributed by atoms with E-state index in [0.717, 1.165) is 6.42 Å². The van der Waals surface area contributed by atoms with Gasteiger partial charge >= 0.3 is 5.97 Å². The van der Waals surface area contributed by atoms with E-state index in [1.165, 1.54) is 5.56 Å². The van der Waals surface area contributed by atoms with Gasteiger partial charge in [0.25, 0.3) is 0 Å². The lowest BCUT2D eigenvalue weighted by molar-refractivity contribution is -0.158. The number of ether oxygens (including phenoxy) is 3. The third-order valence-corrected chi connectivity index (χ3v) is 4.94. The normalized spacial score (nSPS) is 12.8. The third-order valence-electron chi connectivity index (χ3n) is 4.94. The summed E-state index contributed by atoms with van der Waals surface area (Å²) in [5.74, 6) is -0.371. The van der Waals surface area contributed by atoms with Crippen molar-refractivity contribution in [3.8, 4) is 0 Å². The number of esters is 1. The molecular formula is C23H38O6. The molecule has 0 radical (unpaired) electrons. The maximum atomic E-state index is 11.4. The molecule has 0 spiro atoms. The van der Waals surface area contributed by atoms with Crippen molar-refractivity contribution in [2.75, 3.05) is 33.0 Å². The molecule has 1 aromatic carbocycles. The molecule has 0 heterocycles. The Hall–Kier alpha value is -1.47. The number of carbonyl (C=O) groups excluding carboxylic acids is 1. The Morgan fingerprint density at radius 1 is 0.931 bits per heavy atom. The molecular weight excluding hydrogens is 372 g/mol. The van der Waals surface area contributed by atoms with Crippen LogP contribution in [-0.4, -0.2) is 60.4 Å². The van der Waals surface area contributed by atoms with E-state index in [9.17, 15) is 15.0 Å². The van der Waals surface area contributed by atoms with Crippen molar-refractivity contribution in [2.45, 2.75) is 65.1 Å². The van der Waals surface area contributed by atoms with Gasteiger partial charge in [-0.15, -0.1) is 0 Å². The van der Waals surface area contributed by atoms with Crippen LogP contribution in [0.3, 0.4) is 0 Å². The maximum absolute atomic E-state index is 11.4. The molecule has 0 atom stereocenters. The van der Waals surface area contributed by atoms with Crippen LogP contribution in [0.15, 0.2) is 30.3 Å². The Labute approximate surface area is 175 Å². The summed E-state index contributed by atoms with van der Waals surface area (Å²) >= 11 is 0. The lowest BCUT2D eigenvalue weighted by atomic mass is 9.91. The molecule has 0 aliphatic rings. The Morgan fingerprint density at radius 3 is 2.10 bits per heavy atom. The second-order valence-electron chi connectivity index (χ2n) is 8.90. The Bertz CT molecular complexity index is 593. The van der Waals surface area contributed by atoms with Gasteiger partial charge in [-0.1, -0.05) is 37.3 Å². The van der Waals surface area contributed by atoms with Crippen molar-refractivity contribution >= 4 is 5.97 Å². The Morgan fingerprint density at radius 2 is 1.55 bits per heavy atom. The molecule has 0 fully saturated rings. The molecule has 29 heavy (non-hydrogen) atoms. The molecule has 2 N–H and O–H groups in total. The van der Waals surface area contributed by atoms with E-state index in [1.807, 2.05) is 32.0 Å². The summed E-state index contributed by atoms with van der Waals surface area (Å²) in [6.07, 6.45) is 1.71. The number of rotatable bonds is 14. The predicted molar refractivity (Wildman–Crippen MR) is 113 cm³/mol. The van der Waals surface area contributed by atoms with Crippen LogP contribution >= 0.6 is 0 Å². The first-order valence-corrected chi connectivity index (χ1v) is 10.3. The van der Waals surface area contributed by atoms with E-state index >= 15 is 0 Å². The molecule has 6 nitrogen and oxygen atoms in total. The highest BCUT2D eigenvalue weighted by Crippen LogP contribution is 2.25. The molecule has 0 saturated carbocycles. The molecule has 6 heteroatoms. The zero-order valence-corrected chi connectivity index (χ0v) is 18.6. The SMILES string of the molecule is CCC(=O)OCC(CO)(CO)COC(C)(C)CCOC(C)(C)Cc1ccccc1. The highest BCUT2D eigenvalue weighted by Gasteiger charge is 2.34. The molecule has 0 amide bonds. The van der Waals surface area contributed by atoms with Crippen molar-refractivity contribution in [3.63, 3.8) is 0 Å². The van der Waals surface area contributed by atoms with Gasteiger partial charge in [0.15, 0.2) is 0 Å². The molecule has 166 valence electrons. The molecule has 1 rings (SSSR count). The fourth-order valence-electron chi connectivity index (χ4n) is 2.74. The van der Waals surface area contributed by atoms with Crippen molar-refractivity contribution in [1.29, 1.82) is 0 Å². The predicted octanol–water partition coefficient (Wildman–Crippen LogP) is 3.13. The van der Waals surface area contributed by atoms with Gasteiger partial charge < -0.3 is 24.4 Å². The lowest BCUT2D eigenvalue weighted by Gasteiger charge is -2.35. The van der Waals surface area contributed by atoms with Crippen LogP contribution in [0.5, 0.6) is 0 Å². The van der Waals surface area contributed by atoms with Crippen molar-refractivity contribution in [2.24, 2.45) is 5.41 Å². The summed E-state index contributed by atoms with van der Waals surface area (Å²) in [5.41, 5.74) is -0.612. The van der Waals surface area contributed by atoms with E-state index in [2.05, 4.69) is 26.0 Å². The van der Waals surface area contributed by atoms with Gasteiger partial charge in [-0.05, 0) is 39.7 Å². The molecule has 0 saturated heterocycles. The molecule has 0 unspecified atom stereocenters. The van der Waals surface area contributed by atoms with Crippen LogP contribution in [0.25, 0.3) is 0 Å². The first-order valence-electron chi connectivity index (χ1n) is 10.3. The standard InChI is InChI=1S/C23H38O6/c1-6-20(26)27-17-23(15-24,16-25)18-29-21(2,3)12-13-28-22(4,5)14-19-10-8-7-9-11-19/h7-11,24-25H,6,12-18H2,1-5H3. The zero-order valence-electron chi connectivity index (χ0n) is 18.6. The van der Waals surface area contributed by atoms with Crippen molar-refractivity contribution in [1.82, 2.24) is 0 Å². The smallest absolute Gasteiger partial charge is 0.305 e. The van der Waals surface area contributed by atoms with Crippen LogP contribution in [0.4, 0.5) is 0 Å². The summed E-state index contributed by atoms with van der Waals surface area (Å²) in [6.45, 7) is 9.56. The van der Waals surface area contributed by atoms with E-state index in [4.69, 9.17) is 14.2 Å². The van der Waals surface area contributed by atoms with Gasteiger partial charge in [-0.2, -0.15) is 0 Å². The second kappa shape index (κ2) is 11.6. The van der Waals surface area contributed by atoms with Gasteiger partial charge in [0, 0.05) is 12.8 Å². The van der Waals surface area contributed by atoms with Crippen LogP contribution < -0.4 is 0 Å². The Balaban J connectivity index is 2.51. The van der Waals surface area contributed by atoms with Gasteiger partial charge in [-0.25, -0.2) is 0 Å². The average molecular weight is 411 g/mol. The maximum Gasteiger partial charge on any atom is 0.305 e. The second-order valence-corrected chi connectivity index (χ2v) is 8.90. The van der Waals surface area contributed by atoms with Crippen molar-refractivity contribution in [3.05, 3.63) is 35.9 Å². The monoisotopic (exact) mass is 410 g/mol. The summed E-state index contributed by atoms with van der Waals surface area (Å²) in [7, 11) is 0. The van der Waals surface area contributed by atoms with Crippen LogP contribution in [0.1, 0.15) is 53.0 Å². The van der Waals surface area contributed by atoms with Gasteiger partial charge in [-0.3, -0.25) is 4.79 Å². The number of benzene rings is 1. The van der Waals surface area contributed by atoms with Gasteiger partial charge in [0.05, 0.1) is 43.0 Å². The summed E-state index contributed by atoms with van der Waals surface area (Å²) in [5, 5.41) is 19.5. The first kappa shape index (κ1) is 25.6. The lowest BCUT2D eigenvalue weighted by Crippen LogP contribution is -2.43.